The van der Waals surface area contributed by atoms with Gasteiger partial charge in [0, 0.05) is 11.8 Å². The van der Waals surface area contributed by atoms with E-state index >= 15 is 0 Å². The molecule has 3 N–H and O–H groups in total. The Labute approximate surface area is 89.3 Å². The molecular weight excluding hydrogens is 186 g/mol. The number of nitrogens with two attached hydrogens (primary N) is 1. The van der Waals surface area contributed by atoms with Crippen LogP contribution in [0, 0.1) is 0 Å². The highest BCUT2D eigenvalue weighted by molar-refractivity contribution is 5.28. The summed E-state index contributed by atoms with van der Waals surface area (Å²) < 4.78 is 0. The number of hydrogen-bond acceptors (Lipinski definition) is 2. The molecular formula is C12H15N3. The van der Waals surface area contributed by atoms with Crippen molar-refractivity contribution < 1.29 is 0 Å². The molecule has 15 heavy (non-hydrogen) atoms. The lowest BCUT2D eigenvalue weighted by Crippen LogP contribution is -1.90. The van der Waals surface area contributed by atoms with Gasteiger partial charge in [-0.2, -0.15) is 5.10 Å². The predicted octanol–water partition coefficient (Wildman–Crippen LogP) is 2.17. The maximum Gasteiger partial charge on any atom is 0.145 e. The Morgan fingerprint density at radius 3 is 2.60 bits per heavy atom. The summed E-state index contributed by atoms with van der Waals surface area (Å²) in [5.41, 5.74) is 8.01. The summed E-state index contributed by atoms with van der Waals surface area (Å²) in [6.07, 6.45) is 3.21. The third-order valence-electron chi connectivity index (χ3n) is 2.41. The fraction of sp³-hybridized carbons (Fsp3) is 0.250. The minimum Gasteiger partial charge on any atom is -0.382 e. The lowest BCUT2D eigenvalue weighted by molar-refractivity contribution is 0.793. The van der Waals surface area contributed by atoms with Crippen LogP contribution in [-0.4, -0.2) is 10.2 Å². The third-order valence-corrected chi connectivity index (χ3v) is 2.41. The van der Waals surface area contributed by atoms with Gasteiger partial charge in [-0.1, -0.05) is 30.3 Å². The Kier molecular flexibility index (Phi) is 3.02. The van der Waals surface area contributed by atoms with Gasteiger partial charge in [0.15, 0.2) is 0 Å². The summed E-state index contributed by atoms with van der Waals surface area (Å²) in [7, 11) is 0. The van der Waals surface area contributed by atoms with Crippen molar-refractivity contribution in [1.82, 2.24) is 10.2 Å². The number of nitrogen functional groups attached to an aromatic ring is 1. The van der Waals surface area contributed by atoms with E-state index in [0.717, 1.165) is 25.0 Å². The number of benzene rings is 1. The van der Waals surface area contributed by atoms with Crippen LogP contribution in [-0.2, 0) is 12.8 Å². The standard InChI is InChI=1S/C12H15N3/c13-12-9-11(14-15-12)8-4-7-10-5-2-1-3-6-10/h1-3,5-6,9H,4,7-8H2,(H3,13,14,15). The molecule has 78 valence electrons. The quantitative estimate of drug-likeness (QED) is 0.796. The van der Waals surface area contributed by atoms with Crippen LogP contribution in [0.4, 0.5) is 5.82 Å². The Bertz CT molecular complexity index is 406. The van der Waals surface area contributed by atoms with E-state index in [2.05, 4.69) is 34.5 Å². The smallest absolute Gasteiger partial charge is 0.145 e. The molecule has 3 nitrogen and oxygen atoms in total. The number of nitrogens with one attached hydrogen (secondary N) is 1. The Balaban J connectivity index is 1.80. The van der Waals surface area contributed by atoms with Crippen molar-refractivity contribution in [2.45, 2.75) is 19.3 Å². The minimum atomic E-state index is 0.574. The molecule has 0 atom stereocenters. The molecule has 1 aromatic heterocycles. The maximum atomic E-state index is 5.52. The van der Waals surface area contributed by atoms with Gasteiger partial charge >= 0.3 is 0 Å². The molecule has 0 amide bonds. The highest BCUT2D eigenvalue weighted by Crippen LogP contribution is 2.07. The second-order valence-electron chi connectivity index (χ2n) is 3.66. The molecule has 0 bridgehead atoms. The van der Waals surface area contributed by atoms with Gasteiger partial charge in [0.25, 0.3) is 0 Å². The van der Waals surface area contributed by atoms with Crippen molar-refractivity contribution in [3.8, 4) is 0 Å². The first-order valence-corrected chi connectivity index (χ1v) is 5.18. The van der Waals surface area contributed by atoms with Crippen molar-refractivity contribution in [2.24, 2.45) is 0 Å². The Morgan fingerprint density at radius 2 is 1.93 bits per heavy atom. The molecule has 2 rings (SSSR count). The number of anilines is 1. The van der Waals surface area contributed by atoms with Gasteiger partial charge in [-0.3, -0.25) is 5.10 Å². The monoisotopic (exact) mass is 201 g/mol. The second-order valence-corrected chi connectivity index (χ2v) is 3.66. The number of nitrogens with zero attached hydrogens (tertiary/aromatic N) is 1. The van der Waals surface area contributed by atoms with E-state index in [1.54, 1.807) is 0 Å². The zero-order valence-electron chi connectivity index (χ0n) is 8.61. The number of H-pyrrole nitrogens is 1. The van der Waals surface area contributed by atoms with E-state index < -0.39 is 0 Å². The van der Waals surface area contributed by atoms with Crippen molar-refractivity contribution in [3.63, 3.8) is 0 Å². The summed E-state index contributed by atoms with van der Waals surface area (Å²) in [6, 6.07) is 12.4. The average Bonchev–Trinajstić information content (AvgIpc) is 2.66. The van der Waals surface area contributed by atoms with Crippen LogP contribution in [0.25, 0.3) is 0 Å². The third kappa shape index (κ3) is 2.84. The van der Waals surface area contributed by atoms with Crippen LogP contribution in [0.1, 0.15) is 17.7 Å². The minimum absolute atomic E-state index is 0.574. The van der Waals surface area contributed by atoms with Gasteiger partial charge in [-0.05, 0) is 24.8 Å². The molecule has 0 saturated heterocycles. The van der Waals surface area contributed by atoms with E-state index in [-0.39, 0.29) is 0 Å². The highest BCUT2D eigenvalue weighted by atomic mass is 15.1. The molecule has 1 aromatic carbocycles. The summed E-state index contributed by atoms with van der Waals surface area (Å²) in [5.74, 6) is 0.574. The normalized spacial score (nSPS) is 10.4. The highest BCUT2D eigenvalue weighted by Gasteiger charge is 1.98. The van der Waals surface area contributed by atoms with Gasteiger partial charge in [0.05, 0.1) is 0 Å². The van der Waals surface area contributed by atoms with E-state index in [0.29, 0.717) is 5.82 Å². The van der Waals surface area contributed by atoms with E-state index in [9.17, 15) is 0 Å². The summed E-state index contributed by atoms with van der Waals surface area (Å²) in [4.78, 5) is 0. The molecule has 3 heteroatoms. The number of aryl methyl sites for hydroxylation is 2. The Hall–Kier alpha value is -1.77. The van der Waals surface area contributed by atoms with Crippen LogP contribution in [0.3, 0.4) is 0 Å². The van der Waals surface area contributed by atoms with Crippen molar-refractivity contribution in [2.75, 3.05) is 5.73 Å². The van der Waals surface area contributed by atoms with Crippen molar-refractivity contribution >= 4 is 5.82 Å². The number of rotatable bonds is 4. The maximum absolute atomic E-state index is 5.52. The molecule has 0 spiro atoms. The molecule has 0 unspecified atom stereocenters. The topological polar surface area (TPSA) is 54.7 Å². The molecule has 0 aliphatic carbocycles. The second kappa shape index (κ2) is 4.64. The number of aromatic amines is 1. The largest absolute Gasteiger partial charge is 0.382 e. The fourth-order valence-electron chi connectivity index (χ4n) is 1.64. The van der Waals surface area contributed by atoms with Gasteiger partial charge in [0.2, 0.25) is 0 Å². The lowest BCUT2D eigenvalue weighted by atomic mass is 10.1. The van der Waals surface area contributed by atoms with Crippen LogP contribution >= 0.6 is 0 Å². The number of hydrogen-bond donors (Lipinski definition) is 2. The molecule has 0 fully saturated rings. The van der Waals surface area contributed by atoms with Crippen LogP contribution in [0.15, 0.2) is 36.4 Å². The lowest BCUT2D eigenvalue weighted by Gasteiger charge is -1.99. The van der Waals surface area contributed by atoms with E-state index in [4.69, 9.17) is 5.73 Å². The SMILES string of the molecule is Nc1cc(CCCc2ccccc2)[nH]n1. The van der Waals surface area contributed by atoms with Crippen LogP contribution in [0.5, 0.6) is 0 Å². The molecule has 0 aliphatic heterocycles. The zero-order chi connectivity index (χ0) is 10.5. The van der Waals surface area contributed by atoms with Crippen molar-refractivity contribution in [1.29, 1.82) is 0 Å². The predicted molar refractivity (Wildman–Crippen MR) is 61.5 cm³/mol. The van der Waals surface area contributed by atoms with Crippen molar-refractivity contribution in [3.05, 3.63) is 47.7 Å². The molecule has 1 heterocycles. The van der Waals surface area contributed by atoms with E-state index in [1.807, 2.05) is 12.1 Å². The van der Waals surface area contributed by atoms with Crippen LogP contribution < -0.4 is 5.73 Å². The number of aromatic nitrogens is 2. The van der Waals surface area contributed by atoms with E-state index in [1.165, 1.54) is 5.56 Å². The Morgan fingerprint density at radius 1 is 1.13 bits per heavy atom. The fourth-order valence-corrected chi connectivity index (χ4v) is 1.64. The first-order chi connectivity index (χ1) is 7.34. The first-order valence-electron chi connectivity index (χ1n) is 5.18. The molecule has 0 radical (unpaired) electrons. The summed E-state index contributed by atoms with van der Waals surface area (Å²) >= 11 is 0. The van der Waals surface area contributed by atoms with Gasteiger partial charge in [0.1, 0.15) is 5.82 Å². The van der Waals surface area contributed by atoms with Gasteiger partial charge < -0.3 is 5.73 Å². The molecule has 0 saturated carbocycles. The van der Waals surface area contributed by atoms with Gasteiger partial charge in [-0.25, -0.2) is 0 Å². The zero-order valence-corrected chi connectivity index (χ0v) is 8.61. The van der Waals surface area contributed by atoms with Crippen LogP contribution in [0.2, 0.25) is 0 Å². The average molecular weight is 201 g/mol. The summed E-state index contributed by atoms with van der Waals surface area (Å²) in [6.45, 7) is 0. The van der Waals surface area contributed by atoms with Gasteiger partial charge in [-0.15, -0.1) is 0 Å². The molecule has 0 aliphatic rings. The molecule has 2 aromatic rings. The summed E-state index contributed by atoms with van der Waals surface area (Å²) in [5, 5.41) is 6.81. The first kappa shape index (κ1) is 9.77.